The lowest BCUT2D eigenvalue weighted by Gasteiger charge is -2.10. The molecule has 0 aliphatic carbocycles. The first kappa shape index (κ1) is 14.6. The number of hydrogen-bond donors (Lipinski definition) is 1. The molecule has 1 aromatic carbocycles. The van der Waals surface area contributed by atoms with Crippen LogP contribution in [0.3, 0.4) is 0 Å². The standard InChI is InChI=1S/C15H21N3O2S/c1-17-6-5-12(8-17)14-9-18(2)15-4-3-11(7-13(14)15)10-21(16,19)20/h3-4,7,9,12H,5-6,8,10H2,1-2H3,(H2,16,19,20). The lowest BCUT2D eigenvalue weighted by molar-refractivity contribution is 0.412. The first-order valence-electron chi connectivity index (χ1n) is 7.10. The van der Waals surface area contributed by atoms with Crippen molar-refractivity contribution in [3.8, 4) is 0 Å². The Morgan fingerprint density at radius 1 is 1.33 bits per heavy atom. The molecule has 1 unspecified atom stereocenters. The van der Waals surface area contributed by atoms with Gasteiger partial charge in [0.2, 0.25) is 10.0 Å². The summed E-state index contributed by atoms with van der Waals surface area (Å²) in [5, 5.41) is 6.31. The Kier molecular flexibility index (Phi) is 3.55. The molecule has 114 valence electrons. The maximum atomic E-state index is 11.3. The van der Waals surface area contributed by atoms with Gasteiger partial charge in [0, 0.05) is 30.7 Å². The molecule has 3 rings (SSSR count). The van der Waals surface area contributed by atoms with Crippen molar-refractivity contribution in [3.63, 3.8) is 0 Å². The lowest BCUT2D eigenvalue weighted by atomic mass is 9.97. The summed E-state index contributed by atoms with van der Waals surface area (Å²) in [6, 6.07) is 5.81. The molecular formula is C15H21N3O2S. The Bertz CT molecular complexity index is 780. The molecule has 1 aromatic heterocycles. The summed E-state index contributed by atoms with van der Waals surface area (Å²) in [5.41, 5.74) is 3.20. The van der Waals surface area contributed by atoms with Crippen LogP contribution < -0.4 is 5.14 Å². The van der Waals surface area contributed by atoms with Gasteiger partial charge in [0.05, 0.1) is 5.75 Å². The van der Waals surface area contributed by atoms with Crippen molar-refractivity contribution < 1.29 is 8.42 Å². The quantitative estimate of drug-likeness (QED) is 0.931. The van der Waals surface area contributed by atoms with Crippen molar-refractivity contribution in [1.82, 2.24) is 9.47 Å². The minimum atomic E-state index is -3.49. The van der Waals surface area contributed by atoms with Crippen LogP contribution in [0.5, 0.6) is 0 Å². The van der Waals surface area contributed by atoms with Crippen molar-refractivity contribution in [2.75, 3.05) is 20.1 Å². The van der Waals surface area contributed by atoms with Crippen LogP contribution in [0, 0.1) is 0 Å². The fourth-order valence-corrected chi connectivity index (χ4v) is 3.95. The Morgan fingerprint density at radius 3 is 2.71 bits per heavy atom. The van der Waals surface area contributed by atoms with Gasteiger partial charge in [-0.25, -0.2) is 13.6 Å². The van der Waals surface area contributed by atoms with Crippen molar-refractivity contribution in [2.24, 2.45) is 12.2 Å². The molecule has 2 N–H and O–H groups in total. The van der Waals surface area contributed by atoms with Gasteiger partial charge in [-0.1, -0.05) is 6.07 Å². The average Bonchev–Trinajstić information content (AvgIpc) is 2.92. The first-order valence-corrected chi connectivity index (χ1v) is 8.82. The minimum absolute atomic E-state index is 0.109. The normalized spacial score (nSPS) is 20.4. The first-order chi connectivity index (χ1) is 9.83. The topological polar surface area (TPSA) is 68.3 Å². The average molecular weight is 307 g/mol. The summed E-state index contributed by atoms with van der Waals surface area (Å²) in [7, 11) is 0.673. The van der Waals surface area contributed by atoms with Gasteiger partial charge < -0.3 is 9.47 Å². The zero-order valence-electron chi connectivity index (χ0n) is 12.4. The van der Waals surface area contributed by atoms with Gasteiger partial charge in [-0.3, -0.25) is 0 Å². The van der Waals surface area contributed by atoms with Crippen LogP contribution in [-0.4, -0.2) is 38.0 Å². The Balaban J connectivity index is 2.06. The summed E-state index contributed by atoms with van der Waals surface area (Å²) < 4.78 is 24.7. The van der Waals surface area contributed by atoms with E-state index in [1.807, 2.05) is 25.2 Å². The molecule has 0 saturated carbocycles. The highest BCUT2D eigenvalue weighted by Gasteiger charge is 2.24. The number of nitrogens with zero attached hydrogens (tertiary/aromatic N) is 2. The summed E-state index contributed by atoms with van der Waals surface area (Å²) >= 11 is 0. The van der Waals surface area contributed by atoms with E-state index in [0.717, 1.165) is 36.0 Å². The van der Waals surface area contributed by atoms with Gasteiger partial charge in [0.15, 0.2) is 0 Å². The molecular weight excluding hydrogens is 286 g/mol. The zero-order valence-corrected chi connectivity index (χ0v) is 13.2. The molecule has 21 heavy (non-hydrogen) atoms. The van der Waals surface area contributed by atoms with Gasteiger partial charge in [-0.15, -0.1) is 0 Å². The predicted molar refractivity (Wildman–Crippen MR) is 84.6 cm³/mol. The largest absolute Gasteiger partial charge is 0.350 e. The van der Waals surface area contributed by atoms with E-state index in [-0.39, 0.29) is 5.75 Å². The van der Waals surface area contributed by atoms with Crippen molar-refractivity contribution in [1.29, 1.82) is 0 Å². The molecule has 1 aliphatic heterocycles. The van der Waals surface area contributed by atoms with Crippen LogP contribution in [0.2, 0.25) is 0 Å². The van der Waals surface area contributed by atoms with Crippen LogP contribution >= 0.6 is 0 Å². The summed E-state index contributed by atoms with van der Waals surface area (Å²) in [6.07, 6.45) is 3.32. The second kappa shape index (κ2) is 5.12. The second-order valence-corrected chi connectivity index (χ2v) is 7.72. The SMILES string of the molecule is CN1CCC(c2cn(C)c3ccc(CS(N)(=O)=O)cc23)C1. The molecule has 1 aliphatic rings. The van der Waals surface area contributed by atoms with Crippen molar-refractivity contribution in [2.45, 2.75) is 18.1 Å². The number of aryl methyl sites for hydroxylation is 1. The van der Waals surface area contributed by atoms with E-state index in [4.69, 9.17) is 5.14 Å². The van der Waals surface area contributed by atoms with E-state index >= 15 is 0 Å². The Labute approximate surface area is 125 Å². The number of primary sulfonamides is 1. The lowest BCUT2D eigenvalue weighted by Crippen LogP contribution is -2.14. The molecule has 1 atom stereocenters. The molecule has 0 amide bonds. The van der Waals surface area contributed by atoms with Crippen LogP contribution in [0.15, 0.2) is 24.4 Å². The van der Waals surface area contributed by atoms with Gasteiger partial charge in [0.25, 0.3) is 0 Å². The number of benzene rings is 1. The van der Waals surface area contributed by atoms with Crippen LogP contribution in [0.1, 0.15) is 23.5 Å². The molecule has 6 heteroatoms. The molecule has 0 spiro atoms. The highest BCUT2D eigenvalue weighted by atomic mass is 32.2. The van der Waals surface area contributed by atoms with Gasteiger partial charge in [0.1, 0.15) is 0 Å². The van der Waals surface area contributed by atoms with E-state index in [2.05, 4.69) is 22.7 Å². The smallest absolute Gasteiger partial charge is 0.213 e. The zero-order chi connectivity index (χ0) is 15.2. The summed E-state index contributed by atoms with van der Waals surface area (Å²) in [4.78, 5) is 2.33. The molecule has 2 aromatic rings. The number of aromatic nitrogens is 1. The van der Waals surface area contributed by atoms with Gasteiger partial charge in [-0.2, -0.15) is 0 Å². The van der Waals surface area contributed by atoms with Crippen LogP contribution in [-0.2, 0) is 22.8 Å². The highest BCUT2D eigenvalue weighted by Crippen LogP contribution is 2.33. The third kappa shape index (κ3) is 2.97. The Hall–Kier alpha value is -1.37. The number of likely N-dealkylation sites (tertiary alicyclic amines) is 1. The van der Waals surface area contributed by atoms with E-state index < -0.39 is 10.0 Å². The molecule has 1 fully saturated rings. The number of likely N-dealkylation sites (N-methyl/N-ethyl adjacent to an activating group) is 1. The van der Waals surface area contributed by atoms with Crippen molar-refractivity contribution in [3.05, 3.63) is 35.5 Å². The third-order valence-corrected chi connectivity index (χ3v) is 5.02. The van der Waals surface area contributed by atoms with E-state index in [1.165, 1.54) is 5.56 Å². The minimum Gasteiger partial charge on any atom is -0.350 e. The fourth-order valence-electron chi connectivity index (χ4n) is 3.31. The van der Waals surface area contributed by atoms with E-state index in [1.54, 1.807) is 0 Å². The van der Waals surface area contributed by atoms with Gasteiger partial charge in [-0.05, 0) is 49.2 Å². The molecule has 2 heterocycles. The number of fused-ring (bicyclic) bond motifs is 1. The highest BCUT2D eigenvalue weighted by molar-refractivity contribution is 7.88. The number of rotatable bonds is 3. The predicted octanol–water partition coefficient (Wildman–Crippen LogP) is 1.39. The molecule has 0 bridgehead atoms. The Morgan fingerprint density at radius 2 is 2.10 bits per heavy atom. The van der Waals surface area contributed by atoms with E-state index in [9.17, 15) is 8.42 Å². The second-order valence-electron chi connectivity index (χ2n) is 6.10. The molecule has 0 radical (unpaired) electrons. The third-order valence-electron chi connectivity index (χ3n) is 4.28. The number of sulfonamides is 1. The number of nitrogens with two attached hydrogens (primary N) is 1. The number of hydrogen-bond acceptors (Lipinski definition) is 3. The maximum absolute atomic E-state index is 11.3. The van der Waals surface area contributed by atoms with Crippen LogP contribution in [0.4, 0.5) is 0 Å². The maximum Gasteiger partial charge on any atom is 0.213 e. The van der Waals surface area contributed by atoms with E-state index in [0.29, 0.717) is 5.92 Å². The molecule has 5 nitrogen and oxygen atoms in total. The summed E-state index contributed by atoms with van der Waals surface area (Å²) in [5.74, 6) is 0.408. The van der Waals surface area contributed by atoms with Crippen molar-refractivity contribution >= 4 is 20.9 Å². The molecule has 1 saturated heterocycles. The van der Waals surface area contributed by atoms with Gasteiger partial charge >= 0.3 is 0 Å². The summed E-state index contributed by atoms with van der Waals surface area (Å²) in [6.45, 7) is 2.16. The fraction of sp³-hybridized carbons (Fsp3) is 0.467. The monoisotopic (exact) mass is 307 g/mol. The van der Waals surface area contributed by atoms with Crippen LogP contribution in [0.25, 0.3) is 10.9 Å².